The molecule has 2 aliphatic rings. The summed E-state index contributed by atoms with van der Waals surface area (Å²) >= 11 is 0. The first-order valence-corrected chi connectivity index (χ1v) is 8.52. The first-order chi connectivity index (χ1) is 12.6. The lowest BCUT2D eigenvalue weighted by atomic mass is 9.98. The molecule has 0 bridgehead atoms. The van der Waals surface area contributed by atoms with Gasteiger partial charge < -0.3 is 4.90 Å². The van der Waals surface area contributed by atoms with E-state index >= 15 is 0 Å². The molecule has 2 heterocycles. The van der Waals surface area contributed by atoms with Crippen LogP contribution in [0.15, 0.2) is 83.5 Å². The van der Waals surface area contributed by atoms with Crippen molar-refractivity contribution in [3.05, 3.63) is 100 Å². The number of hydrogen-bond donors (Lipinski definition) is 0. The quantitative estimate of drug-likeness (QED) is 0.609. The third-order valence-electron chi connectivity index (χ3n) is 4.80. The van der Waals surface area contributed by atoms with E-state index in [1.165, 1.54) is 0 Å². The fraction of sp³-hybridized carbons (Fsp3) is 0.136. The zero-order valence-corrected chi connectivity index (χ0v) is 14.7. The zero-order chi connectivity index (χ0) is 18.3. The van der Waals surface area contributed by atoms with E-state index in [1.54, 1.807) is 30.5 Å². The Balaban J connectivity index is 1.72. The van der Waals surface area contributed by atoms with Crippen molar-refractivity contribution < 1.29 is 9.59 Å². The molecule has 26 heavy (non-hydrogen) atoms. The van der Waals surface area contributed by atoms with Crippen molar-refractivity contribution in [2.24, 2.45) is 0 Å². The van der Waals surface area contributed by atoms with Gasteiger partial charge >= 0.3 is 0 Å². The Labute approximate surface area is 152 Å². The monoisotopic (exact) mass is 342 g/mol. The Morgan fingerprint density at radius 2 is 1.50 bits per heavy atom. The van der Waals surface area contributed by atoms with E-state index < -0.39 is 0 Å². The summed E-state index contributed by atoms with van der Waals surface area (Å²) < 4.78 is 0. The minimum atomic E-state index is -0.186. The summed E-state index contributed by atoms with van der Waals surface area (Å²) in [6.07, 6.45) is 7.43. The van der Waals surface area contributed by atoms with Gasteiger partial charge in [-0.2, -0.15) is 0 Å². The summed E-state index contributed by atoms with van der Waals surface area (Å²) in [5, 5.41) is 0. The molecule has 0 saturated heterocycles. The first-order valence-electron chi connectivity index (χ1n) is 8.52. The fourth-order valence-electron chi connectivity index (χ4n) is 3.51. The number of fused-ring (bicyclic) bond motifs is 1. The van der Waals surface area contributed by atoms with Crippen LogP contribution in [0.4, 0.5) is 0 Å². The van der Waals surface area contributed by atoms with Gasteiger partial charge in [-0.25, -0.2) is 0 Å². The molecule has 4 nitrogen and oxygen atoms in total. The van der Waals surface area contributed by atoms with Gasteiger partial charge in [-0.15, -0.1) is 0 Å². The molecule has 0 fully saturated rings. The number of rotatable bonds is 2. The number of aromatic nitrogens is 1. The zero-order valence-electron chi connectivity index (χ0n) is 14.7. The topological polar surface area (TPSA) is 50.3 Å². The predicted octanol–water partition coefficient (Wildman–Crippen LogP) is 4.08. The maximum Gasteiger partial charge on any atom is 0.198 e. The highest BCUT2D eigenvalue weighted by Gasteiger charge is 2.35. The number of ketones is 2. The maximum absolute atomic E-state index is 12.7. The molecule has 0 radical (unpaired) electrons. The molecule has 0 atom stereocenters. The molecule has 0 spiro atoms. The second-order valence-electron chi connectivity index (χ2n) is 6.55. The second kappa shape index (κ2) is 6.23. The smallest absolute Gasteiger partial charge is 0.198 e. The van der Waals surface area contributed by atoms with Crippen molar-refractivity contribution in [3.63, 3.8) is 0 Å². The van der Waals surface area contributed by atoms with Crippen molar-refractivity contribution in [1.82, 2.24) is 9.88 Å². The number of Topliss-reactive ketones (excluding diaryl/α,β-unsaturated/α-hetero) is 2. The van der Waals surface area contributed by atoms with Crippen LogP contribution >= 0.6 is 0 Å². The van der Waals surface area contributed by atoms with Crippen LogP contribution in [-0.2, 0) is 6.54 Å². The normalized spacial score (nSPS) is 16.6. The summed E-state index contributed by atoms with van der Waals surface area (Å²) in [7, 11) is 0. The third-order valence-corrected chi connectivity index (χ3v) is 4.80. The lowest BCUT2D eigenvalue weighted by Crippen LogP contribution is -2.22. The van der Waals surface area contributed by atoms with Crippen LogP contribution in [0.25, 0.3) is 0 Å². The van der Waals surface area contributed by atoms with Crippen molar-refractivity contribution in [1.29, 1.82) is 0 Å². The fourth-order valence-corrected chi connectivity index (χ4v) is 3.51. The van der Waals surface area contributed by atoms with Crippen LogP contribution in [0, 0.1) is 0 Å². The lowest BCUT2D eigenvalue weighted by molar-refractivity contribution is 0.0988. The number of allylic oxidation sites excluding steroid dienone is 6. The molecule has 4 rings (SSSR count). The molecule has 0 N–H and O–H groups in total. The summed E-state index contributed by atoms with van der Waals surface area (Å²) in [6, 6.07) is 11.0. The number of pyridine rings is 1. The molecule has 0 saturated carbocycles. The molecular formula is C22H18N2O2. The highest BCUT2D eigenvalue weighted by atomic mass is 16.2. The number of carbonyl (C=O) groups excluding carboxylic acids is 2. The summed E-state index contributed by atoms with van der Waals surface area (Å²) in [6.45, 7) is 4.68. The second-order valence-corrected chi connectivity index (χ2v) is 6.55. The molecule has 0 unspecified atom stereocenters. The van der Waals surface area contributed by atoms with Crippen molar-refractivity contribution in [3.8, 4) is 0 Å². The van der Waals surface area contributed by atoms with Gasteiger partial charge in [-0.1, -0.05) is 30.3 Å². The van der Waals surface area contributed by atoms with Crippen LogP contribution in [0.3, 0.4) is 0 Å². The van der Waals surface area contributed by atoms with E-state index in [9.17, 15) is 9.59 Å². The Morgan fingerprint density at radius 3 is 2.04 bits per heavy atom. The van der Waals surface area contributed by atoms with E-state index in [2.05, 4.69) is 9.88 Å². The molecule has 2 aromatic rings. The van der Waals surface area contributed by atoms with Crippen molar-refractivity contribution in [2.45, 2.75) is 20.4 Å². The molecule has 0 amide bonds. The number of benzene rings is 1. The van der Waals surface area contributed by atoms with E-state index in [-0.39, 0.29) is 17.1 Å². The molecule has 1 aliphatic carbocycles. The van der Waals surface area contributed by atoms with Crippen LogP contribution < -0.4 is 0 Å². The highest BCUT2D eigenvalue weighted by Crippen LogP contribution is 2.33. The number of hydrogen-bond acceptors (Lipinski definition) is 4. The lowest BCUT2D eigenvalue weighted by Gasteiger charge is -2.30. The van der Waals surface area contributed by atoms with Gasteiger partial charge in [-0.05, 0) is 43.2 Å². The molecule has 1 aliphatic heterocycles. The van der Waals surface area contributed by atoms with Crippen molar-refractivity contribution >= 4 is 11.6 Å². The summed E-state index contributed by atoms with van der Waals surface area (Å²) in [5.74, 6) is -0.371. The average Bonchev–Trinajstić information content (AvgIpc) is 2.90. The maximum atomic E-state index is 12.7. The number of carbonyl (C=O) groups is 2. The number of nitrogens with zero attached hydrogens (tertiary/aromatic N) is 2. The van der Waals surface area contributed by atoms with Crippen molar-refractivity contribution in [2.75, 3.05) is 0 Å². The van der Waals surface area contributed by atoms with Crippen LogP contribution in [0.1, 0.15) is 40.1 Å². The summed E-state index contributed by atoms with van der Waals surface area (Å²) in [4.78, 5) is 31.8. The molecule has 1 aromatic heterocycles. The van der Waals surface area contributed by atoms with E-state index in [0.717, 1.165) is 17.0 Å². The highest BCUT2D eigenvalue weighted by molar-refractivity contribution is 6.40. The van der Waals surface area contributed by atoms with Crippen LogP contribution in [-0.4, -0.2) is 21.5 Å². The van der Waals surface area contributed by atoms with E-state index in [1.807, 2.05) is 44.3 Å². The Bertz CT molecular complexity index is 954. The van der Waals surface area contributed by atoms with Gasteiger partial charge in [0, 0.05) is 41.5 Å². The SMILES string of the molecule is CC1=CC(=C2C(=O)c3ccccc3C2=O)C=C(C)N1Cc1cccnc1. The van der Waals surface area contributed by atoms with Gasteiger partial charge in [0.25, 0.3) is 0 Å². The largest absolute Gasteiger partial charge is 0.345 e. The van der Waals surface area contributed by atoms with Crippen LogP contribution in [0.2, 0.25) is 0 Å². The van der Waals surface area contributed by atoms with E-state index in [4.69, 9.17) is 0 Å². The Kier molecular flexibility index (Phi) is 3.88. The standard InChI is InChI=1S/C22H18N2O2/c1-14-10-17(11-15(2)24(14)13-16-6-5-9-23-12-16)20-21(25)18-7-3-4-8-19(18)22(20)26/h3-12H,13H2,1-2H3. The van der Waals surface area contributed by atoms with E-state index in [0.29, 0.717) is 23.2 Å². The van der Waals surface area contributed by atoms with Crippen LogP contribution in [0.5, 0.6) is 0 Å². The molecule has 128 valence electrons. The molecular weight excluding hydrogens is 324 g/mol. The van der Waals surface area contributed by atoms with Gasteiger partial charge in [0.05, 0.1) is 5.57 Å². The van der Waals surface area contributed by atoms with Gasteiger partial charge in [-0.3, -0.25) is 14.6 Å². The van der Waals surface area contributed by atoms with Gasteiger partial charge in [0.2, 0.25) is 0 Å². The third kappa shape index (κ3) is 2.60. The molecule has 4 heteroatoms. The Morgan fingerprint density at radius 1 is 0.885 bits per heavy atom. The minimum absolute atomic E-state index is 0.186. The van der Waals surface area contributed by atoms with Gasteiger partial charge in [0.15, 0.2) is 11.6 Å². The molecule has 1 aromatic carbocycles. The summed E-state index contributed by atoms with van der Waals surface area (Å²) in [5.41, 5.74) is 5.04. The van der Waals surface area contributed by atoms with Gasteiger partial charge in [0.1, 0.15) is 0 Å². The Hall–Kier alpha value is -3.27. The predicted molar refractivity (Wildman–Crippen MR) is 99.4 cm³/mol. The average molecular weight is 342 g/mol. The minimum Gasteiger partial charge on any atom is -0.345 e. The first kappa shape index (κ1) is 16.2.